The minimum atomic E-state index is -0.334. The number of carbonyl (C=O) groups excluding carboxylic acids is 1. The zero-order valence-corrected chi connectivity index (χ0v) is 8.84. The Bertz CT molecular complexity index is 202. The van der Waals surface area contributed by atoms with Crippen molar-refractivity contribution in [3.63, 3.8) is 0 Å². The zero-order valence-electron chi connectivity index (χ0n) is 7.27. The molecule has 0 aliphatic carbocycles. The summed E-state index contributed by atoms with van der Waals surface area (Å²) in [6, 6.07) is 0. The number of hydrogen-bond donors (Lipinski definition) is 0. The lowest BCUT2D eigenvalue weighted by Crippen LogP contribution is -2.59. The van der Waals surface area contributed by atoms with Gasteiger partial charge in [-0.25, -0.2) is 0 Å². The summed E-state index contributed by atoms with van der Waals surface area (Å²) in [6.45, 7) is 8.13. The first-order chi connectivity index (χ1) is 4.82. The molecule has 0 amide bonds. The van der Waals surface area contributed by atoms with Crippen molar-refractivity contribution in [2.75, 3.05) is 0 Å². The van der Waals surface area contributed by atoms with Gasteiger partial charge in [0.05, 0.1) is 5.41 Å². The fourth-order valence-electron chi connectivity index (χ4n) is 1.51. The molecular weight excluding hydrogens is 180 g/mol. The van der Waals surface area contributed by atoms with Gasteiger partial charge in [0, 0.05) is 10.00 Å². The third-order valence-electron chi connectivity index (χ3n) is 2.94. The van der Waals surface area contributed by atoms with E-state index in [0.29, 0.717) is 5.25 Å². The quantitative estimate of drug-likeness (QED) is 0.595. The van der Waals surface area contributed by atoms with E-state index in [1.807, 2.05) is 18.7 Å². The van der Waals surface area contributed by atoms with E-state index < -0.39 is 0 Å². The molecule has 2 unspecified atom stereocenters. The van der Waals surface area contributed by atoms with Crippen molar-refractivity contribution >= 4 is 28.6 Å². The Balaban J connectivity index is 2.92. The third-order valence-corrected chi connectivity index (χ3v) is 5.17. The normalized spacial score (nSPS) is 41.4. The largest absolute Gasteiger partial charge is 0.281 e. The second-order valence-corrected chi connectivity index (χ2v) is 6.05. The average molecular weight is 193 g/mol. The van der Waals surface area contributed by atoms with Crippen molar-refractivity contribution in [3.8, 4) is 0 Å². The molecule has 0 aromatic heterocycles. The monoisotopic (exact) mass is 192 g/mol. The van der Waals surface area contributed by atoms with E-state index in [2.05, 4.69) is 20.8 Å². The van der Waals surface area contributed by atoms with Crippen molar-refractivity contribution in [3.05, 3.63) is 0 Å². The molecule has 11 heavy (non-hydrogen) atoms. The predicted octanol–water partition coefficient (Wildman–Crippen LogP) is 2.67. The van der Waals surface area contributed by atoms with Gasteiger partial charge in [-0.15, -0.1) is 0 Å². The fourth-order valence-corrected chi connectivity index (χ4v) is 3.88. The van der Waals surface area contributed by atoms with E-state index in [1.54, 1.807) is 0 Å². The van der Waals surface area contributed by atoms with Crippen LogP contribution in [0.25, 0.3) is 0 Å². The predicted molar refractivity (Wildman–Crippen MR) is 50.1 cm³/mol. The lowest BCUT2D eigenvalue weighted by molar-refractivity contribution is -0.121. The van der Waals surface area contributed by atoms with Gasteiger partial charge in [-0.2, -0.15) is 11.8 Å². The van der Waals surface area contributed by atoms with Gasteiger partial charge in [-0.3, -0.25) is 4.79 Å². The molecule has 0 N–H and O–H groups in total. The Morgan fingerprint density at radius 3 is 2.00 bits per heavy atom. The van der Waals surface area contributed by atoms with Crippen molar-refractivity contribution in [1.29, 1.82) is 0 Å². The van der Waals surface area contributed by atoms with Crippen molar-refractivity contribution in [1.82, 2.24) is 0 Å². The number of thioether (sulfide) groups is 1. The Kier molecular flexibility index (Phi) is 2.05. The van der Waals surface area contributed by atoms with Crippen LogP contribution in [0.15, 0.2) is 0 Å². The van der Waals surface area contributed by atoms with Crippen LogP contribution in [0.4, 0.5) is 0 Å². The summed E-state index contributed by atoms with van der Waals surface area (Å²) in [5.74, 6) is 0. The SMILES string of the molecule is CC1SC(C)(C)C1(C)C(=O)Cl. The number of carbonyl (C=O) groups is 1. The van der Waals surface area contributed by atoms with Gasteiger partial charge in [0.15, 0.2) is 0 Å². The molecule has 0 bridgehead atoms. The van der Waals surface area contributed by atoms with Gasteiger partial charge in [0.2, 0.25) is 5.24 Å². The van der Waals surface area contributed by atoms with Crippen LogP contribution < -0.4 is 0 Å². The van der Waals surface area contributed by atoms with Gasteiger partial charge >= 0.3 is 0 Å². The van der Waals surface area contributed by atoms with Crippen molar-refractivity contribution in [2.24, 2.45) is 5.41 Å². The highest BCUT2D eigenvalue weighted by Crippen LogP contribution is 2.61. The van der Waals surface area contributed by atoms with E-state index in [4.69, 9.17) is 11.6 Å². The summed E-state index contributed by atoms with van der Waals surface area (Å²) in [5, 5.41) is 0.149. The fraction of sp³-hybridized carbons (Fsp3) is 0.875. The number of rotatable bonds is 1. The molecule has 1 saturated heterocycles. The standard InChI is InChI=1S/C8H13ClOS/c1-5-8(4,6(9)10)7(2,3)11-5/h5H,1-4H3. The molecule has 1 nitrogen and oxygen atoms in total. The van der Waals surface area contributed by atoms with E-state index in [0.717, 1.165) is 0 Å². The molecule has 0 aromatic rings. The first-order valence-electron chi connectivity index (χ1n) is 3.70. The van der Waals surface area contributed by atoms with E-state index in [-0.39, 0.29) is 15.4 Å². The molecule has 1 aliphatic heterocycles. The molecule has 1 heterocycles. The maximum absolute atomic E-state index is 11.1. The summed E-state index contributed by atoms with van der Waals surface area (Å²) < 4.78 is 0.00521. The number of halogens is 1. The van der Waals surface area contributed by atoms with Gasteiger partial charge in [-0.05, 0) is 32.4 Å². The molecule has 2 atom stereocenters. The molecule has 1 aliphatic rings. The second-order valence-electron chi connectivity index (χ2n) is 3.75. The molecule has 3 heteroatoms. The number of hydrogen-bond acceptors (Lipinski definition) is 2. The third kappa shape index (κ3) is 1.03. The molecule has 1 fully saturated rings. The highest BCUT2D eigenvalue weighted by molar-refractivity contribution is 8.02. The van der Waals surface area contributed by atoms with Gasteiger partial charge in [0.25, 0.3) is 0 Å². The van der Waals surface area contributed by atoms with Crippen molar-refractivity contribution < 1.29 is 4.79 Å². The average Bonchev–Trinajstić information content (AvgIpc) is 1.85. The van der Waals surface area contributed by atoms with Gasteiger partial charge in [-0.1, -0.05) is 6.92 Å². The Labute approximate surface area is 76.9 Å². The summed E-state index contributed by atoms with van der Waals surface area (Å²) in [4.78, 5) is 11.1. The van der Waals surface area contributed by atoms with Crippen molar-refractivity contribution in [2.45, 2.75) is 37.7 Å². The summed E-state index contributed by atoms with van der Waals surface area (Å²) >= 11 is 7.36. The topological polar surface area (TPSA) is 17.1 Å². The minimum absolute atomic E-state index is 0.00521. The van der Waals surface area contributed by atoms with Crippen LogP contribution in [-0.2, 0) is 4.79 Å². The highest BCUT2D eigenvalue weighted by Gasteiger charge is 2.60. The maximum atomic E-state index is 11.1. The maximum Gasteiger partial charge on any atom is 0.230 e. The Hall–Kier alpha value is 0.310. The van der Waals surface area contributed by atoms with Crippen LogP contribution in [0.5, 0.6) is 0 Å². The molecule has 64 valence electrons. The van der Waals surface area contributed by atoms with Crippen LogP contribution in [0.1, 0.15) is 27.7 Å². The minimum Gasteiger partial charge on any atom is -0.281 e. The Morgan fingerprint density at radius 1 is 1.45 bits per heavy atom. The van der Waals surface area contributed by atoms with Crippen LogP contribution in [-0.4, -0.2) is 15.2 Å². The van der Waals surface area contributed by atoms with Crippen LogP contribution >= 0.6 is 23.4 Å². The molecule has 0 aromatic carbocycles. The lowest BCUT2D eigenvalue weighted by atomic mass is 9.75. The molecule has 0 radical (unpaired) electrons. The molecule has 0 spiro atoms. The summed E-state index contributed by atoms with van der Waals surface area (Å²) in [6.07, 6.45) is 0. The summed E-state index contributed by atoms with van der Waals surface area (Å²) in [5.41, 5.74) is -0.334. The highest BCUT2D eigenvalue weighted by atomic mass is 35.5. The Morgan fingerprint density at radius 2 is 1.91 bits per heavy atom. The molecule has 0 saturated carbocycles. The first-order valence-corrected chi connectivity index (χ1v) is 4.96. The first kappa shape index (κ1) is 9.40. The van der Waals surface area contributed by atoms with E-state index >= 15 is 0 Å². The second kappa shape index (κ2) is 2.40. The van der Waals surface area contributed by atoms with Crippen LogP contribution in [0.3, 0.4) is 0 Å². The van der Waals surface area contributed by atoms with Crippen LogP contribution in [0, 0.1) is 5.41 Å². The summed E-state index contributed by atoms with van der Waals surface area (Å²) in [7, 11) is 0. The van der Waals surface area contributed by atoms with Gasteiger partial charge in [0.1, 0.15) is 0 Å². The lowest BCUT2D eigenvalue weighted by Gasteiger charge is -2.56. The van der Waals surface area contributed by atoms with Gasteiger partial charge < -0.3 is 0 Å². The zero-order chi connectivity index (χ0) is 8.86. The molecular formula is C8H13ClOS. The van der Waals surface area contributed by atoms with E-state index in [1.165, 1.54) is 0 Å². The van der Waals surface area contributed by atoms with Crippen LogP contribution in [0.2, 0.25) is 0 Å². The molecule has 1 rings (SSSR count). The van der Waals surface area contributed by atoms with E-state index in [9.17, 15) is 4.79 Å². The smallest absolute Gasteiger partial charge is 0.230 e.